The quantitative estimate of drug-likeness (QED) is 0.158. The van der Waals surface area contributed by atoms with Crippen LogP contribution < -0.4 is 5.32 Å². The van der Waals surface area contributed by atoms with Crippen LogP contribution in [0.1, 0.15) is 78.4 Å². The Balaban J connectivity index is 1.15. The van der Waals surface area contributed by atoms with Gasteiger partial charge in [-0.25, -0.2) is 14.1 Å². The molecule has 5 fully saturated rings. The Morgan fingerprint density at radius 1 is 1.07 bits per heavy atom. The highest BCUT2D eigenvalue weighted by atomic mass is 35.5. The molecule has 3 aromatic carbocycles. The lowest BCUT2D eigenvalue weighted by Crippen LogP contribution is -2.41. The third kappa shape index (κ3) is 5.73. The monoisotopic (exact) mass is 772 g/mol. The maximum Gasteiger partial charge on any atom is 0.226 e. The summed E-state index contributed by atoms with van der Waals surface area (Å²) in [6.07, 6.45) is 6.83. The SMILES string of the molecule is Cc1nc2c(F)c(-c3cccc(Cl)c3Cl)c(CCC#N)cc2c2c1cc([C@H]1C[C@H](n3cc(Cc4ccccc4)nn3)CN1C(=O)C1CC1)n2[C@H]1[C@H]2CN[C@@H]1C2. The molecule has 9 nitrogen and oxygen atoms in total. The van der Waals surface area contributed by atoms with Crippen molar-refractivity contribution in [2.75, 3.05) is 13.1 Å². The zero-order chi connectivity index (χ0) is 37.5. The van der Waals surface area contributed by atoms with E-state index in [-0.39, 0.29) is 53.0 Å². The van der Waals surface area contributed by atoms with Gasteiger partial charge < -0.3 is 14.8 Å². The van der Waals surface area contributed by atoms with E-state index in [1.54, 1.807) is 18.2 Å². The van der Waals surface area contributed by atoms with Gasteiger partial charge in [0.15, 0.2) is 5.82 Å². The third-order valence-electron chi connectivity index (χ3n) is 12.4. The Hall–Kier alpha value is -4.82. The van der Waals surface area contributed by atoms with Crippen molar-refractivity contribution in [3.05, 3.63) is 111 Å². The third-order valence-corrected chi connectivity index (χ3v) is 13.2. The molecule has 11 rings (SSSR count). The molecular formula is C43H39Cl2FN8O. The average Bonchev–Trinajstić information content (AvgIpc) is 3.66. The second kappa shape index (κ2) is 13.4. The molecule has 2 aliphatic carbocycles. The number of aryl methyl sites for hydroxylation is 2. The number of hydrogen-bond donors (Lipinski definition) is 1. The summed E-state index contributed by atoms with van der Waals surface area (Å²) in [7, 11) is 0. The number of rotatable bonds is 9. The Kier molecular flexibility index (Phi) is 8.47. The Bertz CT molecular complexity index is 2540. The zero-order valence-electron chi connectivity index (χ0n) is 30.4. The van der Waals surface area contributed by atoms with Crippen LogP contribution in [-0.4, -0.2) is 54.5 Å². The van der Waals surface area contributed by atoms with E-state index < -0.39 is 5.82 Å². The molecule has 0 unspecified atom stereocenters. The Labute approximate surface area is 328 Å². The van der Waals surface area contributed by atoms with Crippen molar-refractivity contribution in [1.82, 2.24) is 34.8 Å². The van der Waals surface area contributed by atoms with E-state index in [1.807, 2.05) is 42.1 Å². The molecule has 2 saturated carbocycles. The van der Waals surface area contributed by atoms with Gasteiger partial charge >= 0.3 is 0 Å². The molecule has 0 radical (unpaired) electrons. The minimum atomic E-state index is -0.479. The fourth-order valence-electron chi connectivity index (χ4n) is 9.57. The highest BCUT2D eigenvalue weighted by molar-refractivity contribution is 6.43. The number of hydrogen-bond acceptors (Lipinski definition) is 6. The van der Waals surface area contributed by atoms with Crippen molar-refractivity contribution in [3.63, 3.8) is 0 Å². The molecule has 6 heterocycles. The molecule has 1 N–H and O–H groups in total. The van der Waals surface area contributed by atoms with E-state index >= 15 is 4.39 Å². The predicted molar refractivity (Wildman–Crippen MR) is 210 cm³/mol. The molecule has 12 heteroatoms. The molecular weight excluding hydrogens is 734 g/mol. The first-order chi connectivity index (χ1) is 26.8. The zero-order valence-corrected chi connectivity index (χ0v) is 31.9. The number of pyridine rings is 1. The number of halogens is 3. The number of benzene rings is 3. The molecule has 55 heavy (non-hydrogen) atoms. The fraction of sp³-hybridized carbons (Fsp3) is 0.372. The van der Waals surface area contributed by atoms with Gasteiger partial charge in [0.1, 0.15) is 5.52 Å². The second-order valence-electron chi connectivity index (χ2n) is 15.8. The average molecular weight is 774 g/mol. The van der Waals surface area contributed by atoms with Gasteiger partial charge in [-0.3, -0.25) is 4.79 Å². The topological polar surface area (TPSA) is 105 Å². The number of carbonyl (C=O) groups excluding carboxylic acids is 1. The van der Waals surface area contributed by atoms with Crippen molar-refractivity contribution < 1.29 is 9.18 Å². The van der Waals surface area contributed by atoms with Crippen molar-refractivity contribution in [3.8, 4) is 17.2 Å². The van der Waals surface area contributed by atoms with Crippen molar-refractivity contribution in [2.45, 2.75) is 76.0 Å². The van der Waals surface area contributed by atoms with Gasteiger partial charge in [-0.05, 0) is 74.3 Å². The lowest BCUT2D eigenvalue weighted by atomic mass is 9.79. The van der Waals surface area contributed by atoms with Gasteiger partial charge in [0.05, 0.1) is 45.5 Å². The van der Waals surface area contributed by atoms with Crippen LogP contribution >= 0.6 is 23.2 Å². The van der Waals surface area contributed by atoms with Crippen molar-refractivity contribution >= 4 is 50.9 Å². The van der Waals surface area contributed by atoms with Crippen LogP contribution in [0.2, 0.25) is 10.0 Å². The summed E-state index contributed by atoms with van der Waals surface area (Å²) in [5.74, 6) is 0.169. The molecule has 1 amide bonds. The highest BCUT2D eigenvalue weighted by Crippen LogP contribution is 2.52. The van der Waals surface area contributed by atoms with Gasteiger partial charge in [0.25, 0.3) is 0 Å². The standard InChI is InChI=1S/C43H39Cl2FN8O/c1-23-31-19-36(35-18-29(22-52(35)43(55)25-12-13-25)53-21-28(50-51-53)15-24-7-3-2-4-8-24)54(41-27-17-34(41)48-20-27)42(31)32-16-26(9-6-14-47)37(39(46)40(32)49-23)30-10-5-11-33(44)38(30)45/h2-5,7-8,10-11,16,19,21,25,27,29,34-35,41,48H,6,9,12-13,15,17-18,20,22H2,1H3/t27-,29+,34-,35-,41+/m1/s1. The maximum atomic E-state index is 17.3. The summed E-state index contributed by atoms with van der Waals surface area (Å²) in [6.45, 7) is 3.39. The van der Waals surface area contributed by atoms with E-state index in [2.05, 4.69) is 49.4 Å². The first-order valence-electron chi connectivity index (χ1n) is 19.2. The van der Waals surface area contributed by atoms with Gasteiger partial charge in [0, 0.05) is 77.4 Å². The van der Waals surface area contributed by atoms with Crippen LogP contribution in [0, 0.1) is 35.9 Å². The minimum Gasteiger partial charge on any atom is -0.337 e. The number of likely N-dealkylation sites (tertiary alicyclic amines) is 1. The summed E-state index contributed by atoms with van der Waals surface area (Å²) in [5.41, 5.74) is 6.49. The van der Waals surface area contributed by atoms with Crippen LogP contribution in [-0.2, 0) is 17.6 Å². The summed E-state index contributed by atoms with van der Waals surface area (Å²) in [6, 6.07) is 22.1. The summed E-state index contributed by atoms with van der Waals surface area (Å²) < 4.78 is 21.7. The number of aromatic nitrogens is 5. The molecule has 3 aromatic heterocycles. The molecule has 278 valence electrons. The van der Waals surface area contributed by atoms with E-state index in [1.165, 1.54) is 5.56 Å². The number of amides is 1. The van der Waals surface area contributed by atoms with E-state index in [0.29, 0.717) is 64.5 Å². The molecule has 0 spiro atoms. The van der Waals surface area contributed by atoms with Crippen LogP contribution in [0.4, 0.5) is 4.39 Å². The van der Waals surface area contributed by atoms with E-state index in [4.69, 9.17) is 28.2 Å². The molecule has 5 aliphatic rings. The number of carbonyl (C=O) groups is 1. The summed E-state index contributed by atoms with van der Waals surface area (Å²) >= 11 is 13.2. The van der Waals surface area contributed by atoms with Gasteiger partial charge in [-0.15, -0.1) is 5.10 Å². The van der Waals surface area contributed by atoms with Crippen molar-refractivity contribution in [1.29, 1.82) is 5.26 Å². The summed E-state index contributed by atoms with van der Waals surface area (Å²) in [5, 5.41) is 24.7. The van der Waals surface area contributed by atoms with Gasteiger partial charge in [-0.2, -0.15) is 5.26 Å². The van der Waals surface area contributed by atoms with Crippen LogP contribution in [0.3, 0.4) is 0 Å². The molecule has 3 saturated heterocycles. The molecule has 6 aromatic rings. The largest absolute Gasteiger partial charge is 0.337 e. The first kappa shape index (κ1) is 34.7. The van der Waals surface area contributed by atoms with Gasteiger partial charge in [-0.1, -0.05) is 70.9 Å². The number of nitriles is 1. The smallest absolute Gasteiger partial charge is 0.226 e. The minimum absolute atomic E-state index is 0.0442. The van der Waals surface area contributed by atoms with Crippen LogP contribution in [0.25, 0.3) is 32.9 Å². The molecule has 5 atom stereocenters. The Morgan fingerprint density at radius 2 is 1.91 bits per heavy atom. The lowest BCUT2D eigenvalue weighted by Gasteiger charge is -2.39. The normalized spacial score (nSPS) is 23.1. The van der Waals surface area contributed by atoms with Gasteiger partial charge in [0.2, 0.25) is 5.91 Å². The second-order valence-corrected chi connectivity index (χ2v) is 16.6. The van der Waals surface area contributed by atoms with Crippen LogP contribution in [0.5, 0.6) is 0 Å². The van der Waals surface area contributed by atoms with Crippen LogP contribution in [0.15, 0.2) is 66.9 Å². The number of fused-ring (bicyclic) bond motifs is 4. The maximum absolute atomic E-state index is 17.3. The molecule has 2 bridgehead atoms. The highest BCUT2D eigenvalue weighted by Gasteiger charge is 2.51. The number of nitrogens with zero attached hydrogens (tertiary/aromatic N) is 7. The lowest BCUT2D eigenvalue weighted by molar-refractivity contribution is -0.133. The summed E-state index contributed by atoms with van der Waals surface area (Å²) in [4.78, 5) is 21.2. The number of nitrogens with one attached hydrogen (secondary N) is 1. The predicted octanol–water partition coefficient (Wildman–Crippen LogP) is 8.71. The Morgan fingerprint density at radius 3 is 2.65 bits per heavy atom. The van der Waals surface area contributed by atoms with E-state index in [0.717, 1.165) is 48.1 Å². The van der Waals surface area contributed by atoms with Crippen molar-refractivity contribution in [2.24, 2.45) is 11.8 Å². The first-order valence-corrected chi connectivity index (χ1v) is 20.0. The van der Waals surface area contributed by atoms with E-state index in [9.17, 15) is 10.1 Å². The molecule has 3 aliphatic heterocycles. The fourth-order valence-corrected chi connectivity index (χ4v) is 9.97.